The first kappa shape index (κ1) is 19.5. The molecule has 0 saturated carbocycles. The number of benzene rings is 3. The lowest BCUT2D eigenvalue weighted by molar-refractivity contribution is -0.119. The minimum Gasteiger partial charge on any atom is -0.324 e. The summed E-state index contributed by atoms with van der Waals surface area (Å²) in [4.78, 5) is 25.8. The molecule has 1 N–H and O–H groups in total. The summed E-state index contributed by atoms with van der Waals surface area (Å²) in [7, 11) is 0. The first-order valence-electron chi connectivity index (χ1n) is 9.64. The van der Waals surface area contributed by atoms with E-state index in [1.165, 1.54) is 22.9 Å². The second-order valence-electron chi connectivity index (χ2n) is 7.08. The first-order chi connectivity index (χ1) is 14.5. The summed E-state index contributed by atoms with van der Waals surface area (Å²) in [5, 5.41) is 8.46. The molecule has 5 nitrogen and oxygen atoms in total. The number of rotatable bonds is 5. The lowest BCUT2D eigenvalue weighted by Crippen LogP contribution is -2.34. The third-order valence-corrected chi connectivity index (χ3v) is 4.96. The molecule has 0 aliphatic carbocycles. The molecule has 0 unspecified atom stereocenters. The van der Waals surface area contributed by atoms with Gasteiger partial charge in [-0.15, -0.1) is 0 Å². The van der Waals surface area contributed by atoms with Crippen molar-refractivity contribution in [2.24, 2.45) is 0 Å². The van der Waals surface area contributed by atoms with E-state index in [0.717, 1.165) is 10.9 Å². The van der Waals surface area contributed by atoms with Crippen LogP contribution in [0.1, 0.15) is 24.2 Å². The summed E-state index contributed by atoms with van der Waals surface area (Å²) in [6.45, 7) is 1.60. The number of nitrogens with one attached hydrogen (secondary N) is 1. The monoisotopic (exact) mass is 401 g/mol. The molecular weight excluding hydrogens is 381 g/mol. The lowest BCUT2D eigenvalue weighted by atomic mass is 10.0. The fraction of sp³-hybridized carbons (Fsp3) is 0.125. The first-order valence-corrected chi connectivity index (χ1v) is 9.64. The zero-order valence-electron chi connectivity index (χ0n) is 16.4. The molecule has 4 rings (SSSR count). The molecule has 30 heavy (non-hydrogen) atoms. The molecule has 0 saturated heterocycles. The molecule has 0 spiro atoms. The molecule has 1 heterocycles. The Morgan fingerprint density at radius 2 is 1.70 bits per heavy atom. The highest BCUT2D eigenvalue weighted by molar-refractivity contribution is 5.93. The Labute approximate surface area is 172 Å². The van der Waals surface area contributed by atoms with Crippen LogP contribution in [0, 0.1) is 5.82 Å². The van der Waals surface area contributed by atoms with Crippen molar-refractivity contribution in [2.75, 3.05) is 5.32 Å². The predicted octanol–water partition coefficient (Wildman–Crippen LogP) is 4.33. The molecule has 0 aliphatic heterocycles. The zero-order chi connectivity index (χ0) is 21.1. The Bertz CT molecular complexity index is 1270. The smallest absolute Gasteiger partial charge is 0.275 e. The maximum absolute atomic E-state index is 13.4. The number of carbonyl (C=O) groups excluding carboxylic acids is 1. The van der Waals surface area contributed by atoms with E-state index in [-0.39, 0.29) is 5.56 Å². The predicted molar refractivity (Wildman–Crippen MR) is 115 cm³/mol. The third-order valence-electron chi connectivity index (χ3n) is 4.96. The average molecular weight is 401 g/mol. The van der Waals surface area contributed by atoms with Crippen molar-refractivity contribution in [1.29, 1.82) is 0 Å². The van der Waals surface area contributed by atoms with Crippen molar-refractivity contribution in [3.8, 4) is 0 Å². The van der Waals surface area contributed by atoms with Gasteiger partial charge in [0.05, 0.1) is 11.1 Å². The van der Waals surface area contributed by atoms with Crippen LogP contribution in [0.3, 0.4) is 0 Å². The van der Waals surface area contributed by atoms with Crippen LogP contribution in [0.5, 0.6) is 0 Å². The van der Waals surface area contributed by atoms with Gasteiger partial charge in [0.15, 0.2) is 0 Å². The van der Waals surface area contributed by atoms with Crippen LogP contribution in [0.15, 0.2) is 83.7 Å². The van der Waals surface area contributed by atoms with Gasteiger partial charge in [0.25, 0.3) is 5.56 Å². The summed E-state index contributed by atoms with van der Waals surface area (Å²) in [6, 6.07) is 21.8. The molecule has 1 aromatic heterocycles. The van der Waals surface area contributed by atoms with Crippen LogP contribution in [-0.4, -0.2) is 15.7 Å². The van der Waals surface area contributed by atoms with Crippen LogP contribution in [-0.2, 0) is 11.2 Å². The molecular formula is C24H20FN3O2. The minimum atomic E-state index is -0.875. The average Bonchev–Trinajstić information content (AvgIpc) is 2.76. The number of fused-ring (bicyclic) bond motifs is 1. The summed E-state index contributed by atoms with van der Waals surface area (Å²) in [5.74, 6) is -0.900. The van der Waals surface area contributed by atoms with E-state index in [4.69, 9.17) is 0 Å². The van der Waals surface area contributed by atoms with Gasteiger partial charge in [-0.3, -0.25) is 9.59 Å². The minimum absolute atomic E-state index is 0.324. The highest BCUT2D eigenvalue weighted by Crippen LogP contribution is 2.19. The second kappa shape index (κ2) is 8.29. The number of carbonyl (C=O) groups is 1. The highest BCUT2D eigenvalue weighted by Gasteiger charge is 2.21. The SMILES string of the molecule is C[C@@H](C(=O)Nc1cccc(F)c1)n1nc(Cc2ccccc2)c2ccccc2c1=O. The molecule has 0 aliphatic rings. The van der Waals surface area contributed by atoms with Crippen molar-refractivity contribution in [3.05, 3.63) is 106 Å². The topological polar surface area (TPSA) is 64.0 Å². The Hall–Kier alpha value is -3.80. The fourth-order valence-electron chi connectivity index (χ4n) is 3.38. The quantitative estimate of drug-likeness (QED) is 0.542. The maximum atomic E-state index is 13.4. The van der Waals surface area contributed by atoms with E-state index in [2.05, 4.69) is 10.4 Å². The number of anilines is 1. The third kappa shape index (κ3) is 3.98. The normalized spacial score (nSPS) is 11.9. The van der Waals surface area contributed by atoms with Gasteiger partial charge in [-0.2, -0.15) is 5.10 Å². The highest BCUT2D eigenvalue weighted by atomic mass is 19.1. The molecule has 0 bridgehead atoms. The molecule has 6 heteroatoms. The fourth-order valence-corrected chi connectivity index (χ4v) is 3.38. The number of aromatic nitrogens is 2. The molecule has 1 atom stereocenters. The lowest BCUT2D eigenvalue weighted by Gasteiger charge is -2.17. The summed E-state index contributed by atoms with van der Waals surface area (Å²) in [6.07, 6.45) is 0.528. The molecule has 0 radical (unpaired) electrons. The van der Waals surface area contributed by atoms with E-state index in [1.807, 2.05) is 42.5 Å². The van der Waals surface area contributed by atoms with Gasteiger partial charge < -0.3 is 5.32 Å². The molecule has 0 fully saturated rings. The Morgan fingerprint density at radius 3 is 2.43 bits per heavy atom. The molecule has 1 amide bonds. The van der Waals surface area contributed by atoms with E-state index in [0.29, 0.717) is 23.2 Å². The van der Waals surface area contributed by atoms with E-state index < -0.39 is 17.8 Å². The van der Waals surface area contributed by atoms with Crippen LogP contribution in [0.25, 0.3) is 10.8 Å². The van der Waals surface area contributed by atoms with Gasteiger partial charge in [0, 0.05) is 17.5 Å². The van der Waals surface area contributed by atoms with Gasteiger partial charge in [0.1, 0.15) is 11.9 Å². The summed E-state index contributed by atoms with van der Waals surface area (Å²) in [5.41, 5.74) is 1.74. The molecule has 4 aromatic rings. The Kier molecular flexibility index (Phi) is 5.39. The van der Waals surface area contributed by atoms with Gasteiger partial charge in [-0.25, -0.2) is 9.07 Å². The van der Waals surface area contributed by atoms with Crippen LogP contribution < -0.4 is 10.9 Å². The number of halogens is 1. The van der Waals surface area contributed by atoms with Gasteiger partial charge >= 0.3 is 0 Å². The maximum Gasteiger partial charge on any atom is 0.275 e. The standard InChI is InChI=1S/C24H20FN3O2/c1-16(23(29)26-19-11-7-10-18(25)15-19)28-24(30)21-13-6-5-12-20(21)22(27-28)14-17-8-3-2-4-9-17/h2-13,15-16H,14H2,1H3,(H,26,29)/t16-/m0/s1. The Morgan fingerprint density at radius 1 is 1.00 bits per heavy atom. The van der Waals surface area contributed by atoms with Crippen LogP contribution in [0.4, 0.5) is 10.1 Å². The largest absolute Gasteiger partial charge is 0.324 e. The summed E-state index contributed by atoms with van der Waals surface area (Å²) < 4.78 is 14.6. The Balaban J connectivity index is 1.73. The van der Waals surface area contributed by atoms with Crippen molar-refractivity contribution >= 4 is 22.4 Å². The van der Waals surface area contributed by atoms with Gasteiger partial charge in [-0.05, 0) is 36.8 Å². The van der Waals surface area contributed by atoms with E-state index in [1.54, 1.807) is 25.1 Å². The number of amides is 1. The van der Waals surface area contributed by atoms with Crippen molar-refractivity contribution < 1.29 is 9.18 Å². The number of hydrogen-bond acceptors (Lipinski definition) is 3. The van der Waals surface area contributed by atoms with E-state index >= 15 is 0 Å². The zero-order valence-corrected chi connectivity index (χ0v) is 16.4. The van der Waals surface area contributed by atoms with Crippen molar-refractivity contribution in [2.45, 2.75) is 19.4 Å². The molecule has 150 valence electrons. The van der Waals surface area contributed by atoms with Crippen molar-refractivity contribution in [1.82, 2.24) is 9.78 Å². The van der Waals surface area contributed by atoms with Crippen LogP contribution in [0.2, 0.25) is 0 Å². The number of hydrogen-bond donors (Lipinski definition) is 1. The van der Waals surface area contributed by atoms with Gasteiger partial charge in [0.2, 0.25) is 5.91 Å². The van der Waals surface area contributed by atoms with Gasteiger partial charge in [-0.1, -0.05) is 54.6 Å². The number of nitrogens with zero attached hydrogens (tertiary/aromatic N) is 2. The molecule has 3 aromatic carbocycles. The second-order valence-corrected chi connectivity index (χ2v) is 7.08. The van der Waals surface area contributed by atoms with Crippen LogP contribution >= 0.6 is 0 Å². The van der Waals surface area contributed by atoms with E-state index in [9.17, 15) is 14.0 Å². The summed E-state index contributed by atoms with van der Waals surface area (Å²) >= 11 is 0. The van der Waals surface area contributed by atoms with Crippen molar-refractivity contribution in [3.63, 3.8) is 0 Å².